The zero-order valence-corrected chi connectivity index (χ0v) is 23.2. The number of pyridine rings is 1. The van der Waals surface area contributed by atoms with Gasteiger partial charge in [0.15, 0.2) is 0 Å². The molecule has 3 aromatic rings. The largest absolute Gasteiger partial charge is 0.481 e. The summed E-state index contributed by atoms with van der Waals surface area (Å²) in [5.41, 5.74) is 3.04. The Morgan fingerprint density at radius 3 is 2.58 bits per heavy atom. The van der Waals surface area contributed by atoms with Crippen molar-refractivity contribution in [2.75, 3.05) is 32.1 Å². The van der Waals surface area contributed by atoms with Crippen LogP contribution in [-0.2, 0) is 6.42 Å². The number of nitrogens with one attached hydrogen (secondary N) is 3. The van der Waals surface area contributed by atoms with Crippen molar-refractivity contribution in [1.29, 1.82) is 10.7 Å². The van der Waals surface area contributed by atoms with Gasteiger partial charge in [-0.1, -0.05) is 41.4 Å². The smallest absolute Gasteiger partial charge is 0.255 e. The van der Waals surface area contributed by atoms with E-state index in [4.69, 9.17) is 21.7 Å². The van der Waals surface area contributed by atoms with E-state index in [1.807, 2.05) is 6.92 Å². The highest BCUT2D eigenvalue weighted by molar-refractivity contribution is 6.46. The lowest BCUT2D eigenvalue weighted by Crippen LogP contribution is -2.48. The molecule has 1 aromatic heterocycles. The summed E-state index contributed by atoms with van der Waals surface area (Å²) in [6.45, 7) is 3.40. The number of aromatic nitrogens is 1. The Bertz CT molecular complexity index is 1420. The van der Waals surface area contributed by atoms with Gasteiger partial charge in [0.05, 0.1) is 36.3 Å². The molecule has 2 atom stereocenters. The molecule has 2 heterocycles. The lowest BCUT2D eigenvalue weighted by atomic mass is 9.93. The van der Waals surface area contributed by atoms with E-state index in [1.165, 1.54) is 0 Å². The molecule has 1 aliphatic heterocycles. The second-order valence-electron chi connectivity index (χ2n) is 9.54. The normalized spacial score (nSPS) is 14.1. The molecule has 3 N–H and O–H groups in total. The number of methoxy groups -OCH3 is 1. The van der Waals surface area contributed by atoms with Crippen molar-refractivity contribution < 1.29 is 14.3 Å². The first-order chi connectivity index (χ1) is 19.3. The van der Waals surface area contributed by atoms with Crippen LogP contribution in [0.2, 0.25) is 5.02 Å². The van der Waals surface area contributed by atoms with E-state index in [0.29, 0.717) is 60.2 Å². The summed E-state index contributed by atoms with van der Waals surface area (Å²) >= 11 is 6.03. The first kappa shape index (κ1) is 28.7. The Labute approximate surface area is 238 Å². The van der Waals surface area contributed by atoms with Gasteiger partial charge in [-0.15, -0.1) is 0 Å². The minimum Gasteiger partial charge on any atom is -0.481 e. The van der Waals surface area contributed by atoms with Gasteiger partial charge in [0.1, 0.15) is 5.92 Å². The zero-order chi connectivity index (χ0) is 28.6. The van der Waals surface area contributed by atoms with Gasteiger partial charge in [0.2, 0.25) is 11.7 Å². The van der Waals surface area contributed by atoms with Crippen LogP contribution in [0, 0.1) is 29.6 Å². The highest BCUT2D eigenvalue weighted by atomic mass is 35.5. The van der Waals surface area contributed by atoms with E-state index >= 15 is 0 Å². The fourth-order valence-electron chi connectivity index (χ4n) is 4.52. The van der Waals surface area contributed by atoms with Gasteiger partial charge in [-0.2, -0.15) is 5.26 Å². The maximum absolute atomic E-state index is 13.1. The van der Waals surface area contributed by atoms with Crippen molar-refractivity contribution in [2.24, 2.45) is 5.92 Å². The standard InChI is InChI=1S/C30H31ClN6O3/c1-19-4-6-20(7-5-19)28(38)27(33)24(18-32)29(35-22-10-8-21(31)9-11-22)34-15-3-16-37-17-14-25-23(30(37)39)12-13-26(36-25)40-2/h4-13,24,29,33-35H,3,14-17H2,1-2H3. The van der Waals surface area contributed by atoms with E-state index in [-0.39, 0.29) is 11.6 Å². The van der Waals surface area contributed by atoms with E-state index in [2.05, 4.69) is 21.7 Å². The number of rotatable bonds is 12. The zero-order valence-electron chi connectivity index (χ0n) is 22.4. The molecule has 0 saturated carbocycles. The number of fused-ring (bicyclic) bond motifs is 1. The van der Waals surface area contributed by atoms with Crippen LogP contribution < -0.4 is 15.4 Å². The second kappa shape index (κ2) is 13.2. The molecule has 206 valence electrons. The highest BCUT2D eigenvalue weighted by Crippen LogP contribution is 2.21. The van der Waals surface area contributed by atoms with Crippen molar-refractivity contribution in [3.8, 4) is 11.9 Å². The number of amides is 1. The summed E-state index contributed by atoms with van der Waals surface area (Å²) in [5, 5.41) is 25.7. The Morgan fingerprint density at radius 1 is 1.18 bits per heavy atom. The van der Waals surface area contributed by atoms with Crippen LogP contribution in [-0.4, -0.2) is 60.2 Å². The Hall–Kier alpha value is -4.26. The maximum Gasteiger partial charge on any atom is 0.255 e. The lowest BCUT2D eigenvalue weighted by Gasteiger charge is -2.29. The van der Waals surface area contributed by atoms with Crippen molar-refractivity contribution in [1.82, 2.24) is 15.2 Å². The summed E-state index contributed by atoms with van der Waals surface area (Å²) < 4.78 is 5.17. The molecule has 0 bridgehead atoms. The van der Waals surface area contributed by atoms with E-state index < -0.39 is 17.9 Å². The molecule has 2 aromatic carbocycles. The molecule has 0 spiro atoms. The van der Waals surface area contributed by atoms with Crippen LogP contribution in [0.25, 0.3) is 0 Å². The first-order valence-electron chi connectivity index (χ1n) is 13.0. The molecule has 0 aliphatic carbocycles. The van der Waals surface area contributed by atoms with E-state index in [0.717, 1.165) is 11.3 Å². The molecule has 1 aliphatic rings. The number of hydrogen-bond acceptors (Lipinski definition) is 8. The lowest BCUT2D eigenvalue weighted by molar-refractivity contribution is 0.0735. The first-order valence-corrected chi connectivity index (χ1v) is 13.4. The number of ketones is 1. The monoisotopic (exact) mass is 558 g/mol. The number of halogens is 1. The minimum absolute atomic E-state index is 0.0763. The molecule has 0 radical (unpaired) electrons. The molecule has 10 heteroatoms. The number of Topliss-reactive ketones (excluding diaryl/α,β-unsaturated/α-hetero) is 1. The molecule has 1 amide bonds. The van der Waals surface area contributed by atoms with Gasteiger partial charge in [0, 0.05) is 41.9 Å². The Balaban J connectivity index is 1.43. The molecule has 40 heavy (non-hydrogen) atoms. The summed E-state index contributed by atoms with van der Waals surface area (Å²) in [6, 6.07) is 19.5. The van der Waals surface area contributed by atoms with Gasteiger partial charge < -0.3 is 15.0 Å². The van der Waals surface area contributed by atoms with E-state index in [1.54, 1.807) is 72.7 Å². The summed E-state index contributed by atoms with van der Waals surface area (Å²) in [4.78, 5) is 32.2. The third-order valence-corrected chi connectivity index (χ3v) is 7.02. The van der Waals surface area contributed by atoms with E-state index in [9.17, 15) is 14.9 Å². The average molecular weight is 559 g/mol. The third-order valence-electron chi connectivity index (χ3n) is 6.77. The number of carbonyl (C=O) groups excluding carboxylic acids is 2. The molecular formula is C30H31ClN6O3. The minimum atomic E-state index is -1.07. The average Bonchev–Trinajstić information content (AvgIpc) is 2.97. The summed E-state index contributed by atoms with van der Waals surface area (Å²) in [6.07, 6.45) is 0.504. The van der Waals surface area contributed by atoms with Crippen LogP contribution >= 0.6 is 11.6 Å². The number of aryl methyl sites for hydroxylation is 1. The number of anilines is 1. The summed E-state index contributed by atoms with van der Waals surface area (Å²) in [7, 11) is 1.55. The van der Waals surface area contributed by atoms with Gasteiger partial charge in [-0.25, -0.2) is 4.98 Å². The van der Waals surface area contributed by atoms with Gasteiger partial charge in [-0.3, -0.25) is 20.3 Å². The topological polar surface area (TPSA) is 131 Å². The predicted octanol–water partition coefficient (Wildman–Crippen LogP) is 4.51. The van der Waals surface area contributed by atoms with Crippen LogP contribution in [0.15, 0.2) is 60.7 Å². The fraction of sp³-hybridized carbons (Fsp3) is 0.300. The fourth-order valence-corrected chi connectivity index (χ4v) is 4.65. The SMILES string of the molecule is COc1ccc2c(n1)CCN(CCCNC(Nc1ccc(Cl)cc1)C(C#N)C(=N)C(=O)c1ccc(C)cc1)C2=O. The third kappa shape index (κ3) is 6.84. The molecular weight excluding hydrogens is 528 g/mol. The molecule has 2 unspecified atom stereocenters. The quantitative estimate of drug-likeness (QED) is 0.129. The number of ether oxygens (including phenoxy) is 1. The van der Waals surface area contributed by atoms with Crippen molar-refractivity contribution in [2.45, 2.75) is 25.9 Å². The van der Waals surface area contributed by atoms with Gasteiger partial charge in [-0.05, 0) is 50.2 Å². The van der Waals surface area contributed by atoms with Crippen LogP contribution in [0.4, 0.5) is 5.69 Å². The number of nitrogens with zero attached hydrogens (tertiary/aromatic N) is 3. The number of hydrogen-bond donors (Lipinski definition) is 3. The highest BCUT2D eigenvalue weighted by Gasteiger charge is 2.31. The second-order valence-corrected chi connectivity index (χ2v) is 9.98. The molecule has 9 nitrogen and oxygen atoms in total. The van der Waals surface area contributed by atoms with Crippen molar-refractivity contribution in [3.05, 3.63) is 88.1 Å². The Kier molecular flexibility index (Phi) is 9.48. The van der Waals surface area contributed by atoms with Crippen LogP contribution in [0.1, 0.15) is 38.4 Å². The van der Waals surface area contributed by atoms with Crippen molar-refractivity contribution in [3.63, 3.8) is 0 Å². The summed E-state index contributed by atoms with van der Waals surface area (Å²) in [5.74, 6) is -1.16. The number of carbonyl (C=O) groups is 2. The van der Waals surface area contributed by atoms with Gasteiger partial charge >= 0.3 is 0 Å². The molecule has 0 saturated heterocycles. The van der Waals surface area contributed by atoms with Crippen LogP contribution in [0.3, 0.4) is 0 Å². The number of nitriles is 1. The number of benzene rings is 2. The molecule has 0 fully saturated rings. The predicted molar refractivity (Wildman–Crippen MR) is 154 cm³/mol. The maximum atomic E-state index is 13.1. The van der Waals surface area contributed by atoms with Crippen molar-refractivity contribution >= 4 is 34.7 Å². The van der Waals surface area contributed by atoms with Crippen LogP contribution in [0.5, 0.6) is 5.88 Å². The Morgan fingerprint density at radius 2 is 1.90 bits per heavy atom. The van der Waals surface area contributed by atoms with Gasteiger partial charge in [0.25, 0.3) is 5.91 Å². The molecule has 4 rings (SSSR count).